The zero-order valence-corrected chi connectivity index (χ0v) is 53.6. The number of benzene rings is 1. The largest absolute Gasteiger partial charge is 0.492 e. The van der Waals surface area contributed by atoms with Crippen LogP contribution in [0, 0.1) is 34.2 Å². The number of fused-ring (bicyclic) bond motifs is 2. The first kappa shape index (κ1) is 68.5. The number of amides is 1. The standard InChI is InChI=1S/C55H74IN3O21S4/c1-12-57-30-24-73-35(22-34(30)68-6)78-48-43(63)40(26(3)75-53(48)77-33-17-15-13-14-16-19-55(67)23-32(61)41(58-54(66)72-10)38(33)29(55)18-20-82-84-81-11)59-80-36-21-31(60)50(28(5)74-36)83-51(65)37-25(2)39(56)46(49(71-9)45(37)69-7)79-52-44(64)47(70-8)42(62)27(4)76-52/h13-14,18,26-28,30-31,33-36,40,42-44,47-48,50,52-53,57,59-60,62-64,67H,12,20-24H2,1-11H3,(H,58,66)/b14-13?,29-18+/t26-,27+,28-,30+,31+,33+,34+,35+,36+,40-,42+,43+,44-,47-,48-,50-,52+,53?,55-/m1/s1. The Kier molecular flexibility index (Phi) is 25.7. The highest BCUT2D eigenvalue weighted by Crippen LogP contribution is 2.49. The first-order valence-corrected chi connectivity index (χ1v) is 32.9. The highest BCUT2D eigenvalue weighted by atomic mass is 127. The lowest BCUT2D eigenvalue weighted by Crippen LogP contribution is -2.65. The predicted octanol–water partition coefficient (Wildman–Crippen LogP) is 3.20. The van der Waals surface area contributed by atoms with Crippen LogP contribution in [-0.4, -0.2) is 218 Å². The van der Waals surface area contributed by atoms with E-state index in [9.17, 15) is 39.9 Å². The molecule has 0 saturated carbocycles. The van der Waals surface area contributed by atoms with Crippen LogP contribution in [0.5, 0.6) is 17.2 Å². The van der Waals surface area contributed by atoms with E-state index in [1.165, 1.54) is 64.9 Å². The summed E-state index contributed by atoms with van der Waals surface area (Å²) in [6.07, 6.45) is -11.9. The number of carbonyl (C=O) groups excluding carboxylic acids is 3. The van der Waals surface area contributed by atoms with Crippen molar-refractivity contribution >= 4 is 82.8 Å². The van der Waals surface area contributed by atoms with Gasteiger partial charge < -0.3 is 87.7 Å². The van der Waals surface area contributed by atoms with Gasteiger partial charge in [0.15, 0.2) is 41.8 Å². The van der Waals surface area contributed by atoms with Gasteiger partial charge >= 0.3 is 6.09 Å². The fourth-order valence-electron chi connectivity index (χ4n) is 10.5. The van der Waals surface area contributed by atoms with Crippen molar-refractivity contribution in [3.8, 4) is 40.9 Å². The molecule has 0 aromatic heterocycles. The minimum absolute atomic E-state index is 0.0155. The predicted molar refractivity (Wildman–Crippen MR) is 320 cm³/mol. The lowest BCUT2D eigenvalue weighted by atomic mass is 9.75. The molecule has 2 bridgehead atoms. The summed E-state index contributed by atoms with van der Waals surface area (Å²) in [4.78, 5) is 47.5. The molecule has 8 N–H and O–H groups in total. The molecule has 24 nitrogen and oxygen atoms in total. The third kappa shape index (κ3) is 15.7. The molecule has 29 heteroatoms. The highest BCUT2D eigenvalue weighted by Gasteiger charge is 2.52. The minimum Gasteiger partial charge on any atom is -0.492 e. The maximum Gasteiger partial charge on any atom is 0.411 e. The van der Waals surface area contributed by atoms with E-state index in [0.717, 1.165) is 18.9 Å². The summed E-state index contributed by atoms with van der Waals surface area (Å²) in [5.41, 5.74) is 1.30. The summed E-state index contributed by atoms with van der Waals surface area (Å²) in [5.74, 6) is 11.3. The molecule has 19 atom stereocenters. The van der Waals surface area contributed by atoms with E-state index in [2.05, 4.69) is 39.8 Å². The number of ether oxygens (including phenoxy) is 12. The van der Waals surface area contributed by atoms with Gasteiger partial charge in [0.25, 0.3) is 0 Å². The molecule has 1 unspecified atom stereocenters. The van der Waals surface area contributed by atoms with Crippen LogP contribution >= 0.6 is 65.8 Å². The molecule has 0 spiro atoms. The summed E-state index contributed by atoms with van der Waals surface area (Å²) in [7, 11) is 11.3. The van der Waals surface area contributed by atoms with Gasteiger partial charge in [0.1, 0.15) is 36.6 Å². The first-order valence-electron chi connectivity index (χ1n) is 26.9. The second kappa shape index (κ2) is 31.5. The number of Topliss-reactive ketones (excluding diaryl/α,β-unsaturated/α-hetero) is 1. The molecule has 1 aromatic rings. The Morgan fingerprint density at radius 1 is 0.881 bits per heavy atom. The number of hydrogen-bond donors (Lipinski definition) is 8. The van der Waals surface area contributed by atoms with Crippen molar-refractivity contribution in [2.45, 2.75) is 169 Å². The number of ketones is 1. The molecule has 7 rings (SSSR count). The number of rotatable bonds is 22. The van der Waals surface area contributed by atoms with Gasteiger partial charge in [0, 0.05) is 44.0 Å². The van der Waals surface area contributed by atoms with E-state index in [4.69, 9.17) is 61.7 Å². The molecule has 4 heterocycles. The summed E-state index contributed by atoms with van der Waals surface area (Å²) < 4.78 is 72.5. The molecule has 4 aliphatic heterocycles. The van der Waals surface area contributed by atoms with Crippen molar-refractivity contribution in [2.75, 3.05) is 60.7 Å². The van der Waals surface area contributed by atoms with Crippen LogP contribution in [0.15, 0.2) is 35.1 Å². The summed E-state index contributed by atoms with van der Waals surface area (Å²) in [6.45, 7) is 9.41. The summed E-state index contributed by atoms with van der Waals surface area (Å²) >= 11 is 2.83. The molecule has 4 saturated heterocycles. The average Bonchev–Trinajstić information content (AvgIpc) is 1.36. The number of hydroxylamine groups is 1. The van der Waals surface area contributed by atoms with Crippen molar-refractivity contribution in [2.24, 2.45) is 0 Å². The van der Waals surface area contributed by atoms with Gasteiger partial charge in [-0.1, -0.05) is 70.0 Å². The summed E-state index contributed by atoms with van der Waals surface area (Å²) in [5, 5.41) is 62.7. The van der Waals surface area contributed by atoms with Crippen LogP contribution in [-0.2, 0) is 52.3 Å². The van der Waals surface area contributed by atoms with E-state index < -0.39 is 127 Å². The highest BCUT2D eigenvalue weighted by molar-refractivity contribution is 14.1. The van der Waals surface area contributed by atoms with Gasteiger partial charge in [-0.3, -0.25) is 19.7 Å². The van der Waals surface area contributed by atoms with E-state index in [-0.39, 0.29) is 71.2 Å². The number of halogens is 1. The molecule has 2 aliphatic carbocycles. The molecular weight excluding hydrogens is 1290 g/mol. The molecular formula is C55H74IN3O21S4. The maximum atomic E-state index is 14.4. The number of hydrogen-bond acceptors (Lipinski definition) is 27. The number of likely N-dealkylation sites (N-methyl/N-ethyl adjacent to an activating group) is 1. The quantitative estimate of drug-likeness (QED) is 0.0272. The summed E-state index contributed by atoms with van der Waals surface area (Å²) in [6, 6.07) is -1.27. The molecule has 0 radical (unpaired) electrons. The molecule has 1 amide bonds. The molecule has 1 aromatic carbocycles. The molecule has 84 heavy (non-hydrogen) atoms. The second-order valence-corrected chi connectivity index (χ2v) is 26.7. The Morgan fingerprint density at radius 3 is 2.27 bits per heavy atom. The zero-order valence-electron chi connectivity index (χ0n) is 48.1. The first-order chi connectivity index (χ1) is 40.2. The SMILES string of the molecule is CCN[C@H]1CO[C@@H](O[C@H]2C(O[C@H]3C#CC=CC#C[C@@]4(O)CC(=O)C(NC(=O)OC)=C3/C4=C\CSSSC)O[C@H](C)[C@@H](NO[C@H]3C[C@H](O)[C@H](SC(=O)c4c(C)c(I)c(O[C@@H]5O[C@@H](C)[C@H](O)[C@@H](OC)[C@H]5O)c(OC)c4OC)[C@@H](C)O3)[C@@H]2O)C[C@@H]1OC. The van der Waals surface area contributed by atoms with Gasteiger partial charge in [-0.15, -0.1) is 0 Å². The monoisotopic (exact) mass is 1370 g/mol. The lowest BCUT2D eigenvalue weighted by molar-refractivity contribution is -0.336. The number of aliphatic hydroxyl groups excluding tert-OH is 4. The lowest BCUT2D eigenvalue weighted by Gasteiger charge is -2.46. The van der Waals surface area contributed by atoms with Gasteiger partial charge in [-0.05, 0) is 90.6 Å². The van der Waals surface area contributed by atoms with Crippen molar-refractivity contribution in [1.82, 2.24) is 16.1 Å². The van der Waals surface area contributed by atoms with Crippen LogP contribution in [0.1, 0.15) is 62.9 Å². The Bertz CT molecular complexity index is 2710. The van der Waals surface area contributed by atoms with Crippen molar-refractivity contribution in [1.29, 1.82) is 0 Å². The van der Waals surface area contributed by atoms with Gasteiger partial charge in [0.2, 0.25) is 17.2 Å². The van der Waals surface area contributed by atoms with Gasteiger partial charge in [-0.2, -0.15) is 5.48 Å². The number of aliphatic hydroxyl groups is 5. The van der Waals surface area contributed by atoms with Crippen molar-refractivity contribution < 1.29 is 102 Å². The van der Waals surface area contributed by atoms with E-state index in [1.807, 2.05) is 35.8 Å². The fraction of sp³-hybridized carbons (Fsp3) is 0.655. The van der Waals surface area contributed by atoms with Crippen molar-refractivity contribution in [3.05, 3.63) is 49.8 Å². The van der Waals surface area contributed by atoms with E-state index >= 15 is 0 Å². The van der Waals surface area contributed by atoms with E-state index in [0.29, 0.717) is 21.4 Å². The zero-order chi connectivity index (χ0) is 61.2. The maximum absolute atomic E-state index is 14.4. The average molecular weight is 1370 g/mol. The Morgan fingerprint density at radius 2 is 1.61 bits per heavy atom. The fourth-order valence-corrected chi connectivity index (χ4v) is 14.7. The molecule has 6 aliphatic rings. The Hall–Kier alpha value is -2.94. The molecule has 466 valence electrons. The van der Waals surface area contributed by atoms with E-state index in [1.54, 1.807) is 40.9 Å². The van der Waals surface area contributed by atoms with Crippen molar-refractivity contribution in [3.63, 3.8) is 0 Å². The topological polar surface area (TPSA) is 308 Å². The Labute approximate surface area is 517 Å². The third-order valence-electron chi connectivity index (χ3n) is 14.8. The van der Waals surface area contributed by atoms with Crippen LogP contribution < -0.4 is 30.3 Å². The smallest absolute Gasteiger partial charge is 0.411 e. The number of methoxy groups -OCH3 is 5. The second-order valence-electron chi connectivity index (χ2n) is 20.1. The Balaban J connectivity index is 1.12. The van der Waals surface area contributed by atoms with Gasteiger partial charge in [-0.25, -0.2) is 4.79 Å². The van der Waals surface area contributed by atoms with Crippen LogP contribution in [0.4, 0.5) is 4.79 Å². The minimum atomic E-state index is -2.05. The van der Waals surface area contributed by atoms with Crippen LogP contribution in [0.3, 0.4) is 0 Å². The third-order valence-corrected chi connectivity index (χ3v) is 21.2. The normalized spacial score (nSPS) is 35.5. The van der Waals surface area contributed by atoms with Crippen LogP contribution in [0.25, 0.3) is 0 Å². The molecule has 4 fully saturated rings. The number of thioether (sulfide) groups is 1. The van der Waals surface area contributed by atoms with Gasteiger partial charge in [0.05, 0.1) is 97.0 Å². The number of allylic oxidation sites excluding steroid dienone is 3. The number of carbonyl (C=O) groups is 3. The number of alkyl carbamates (subject to hydrolysis) is 1. The number of nitrogens with one attached hydrogen (secondary N) is 3. The van der Waals surface area contributed by atoms with Crippen LogP contribution in [0.2, 0.25) is 0 Å².